The number of hydrogen-bond donors (Lipinski definition) is 0. The van der Waals surface area contributed by atoms with Crippen LogP contribution in [0.15, 0.2) is 170 Å². The molecule has 3 heterocycles. The molecule has 0 fully saturated rings. The molecule has 0 amide bonds. The zero-order chi connectivity index (χ0) is 33.0. The van der Waals surface area contributed by atoms with Crippen LogP contribution in [0.1, 0.15) is 0 Å². The van der Waals surface area contributed by atoms with Crippen molar-refractivity contribution in [1.82, 2.24) is 19.5 Å². The van der Waals surface area contributed by atoms with Gasteiger partial charge in [0.2, 0.25) is 0 Å². The van der Waals surface area contributed by atoms with Gasteiger partial charge in [0.25, 0.3) is 0 Å². The van der Waals surface area contributed by atoms with Crippen LogP contribution >= 0.6 is 11.3 Å². The molecular formula is C45H28N4S. The first-order valence-electron chi connectivity index (χ1n) is 16.7. The number of rotatable bonds is 5. The van der Waals surface area contributed by atoms with Gasteiger partial charge in [0.15, 0.2) is 17.5 Å². The van der Waals surface area contributed by atoms with Crippen LogP contribution in [0, 0.1) is 0 Å². The summed E-state index contributed by atoms with van der Waals surface area (Å²) in [7, 11) is 0. The minimum absolute atomic E-state index is 0.647. The second-order valence-corrected chi connectivity index (χ2v) is 13.5. The Bertz CT molecular complexity index is 2800. The van der Waals surface area contributed by atoms with E-state index in [0.29, 0.717) is 17.5 Å². The SMILES string of the molecule is c1ccc(-c2nc(-c3ccccc3)nc(-c3cccc(-c4ccc(-n5c6ccccc6c6ccc7c8ccccc8sc7c65)cc4)c3)n2)cc1. The molecule has 234 valence electrons. The first-order chi connectivity index (χ1) is 24.8. The van der Waals surface area contributed by atoms with Crippen molar-refractivity contribution in [3.05, 3.63) is 170 Å². The van der Waals surface area contributed by atoms with Gasteiger partial charge in [-0.05, 0) is 41.5 Å². The average Bonchev–Trinajstić information content (AvgIpc) is 3.75. The second kappa shape index (κ2) is 11.6. The Labute approximate surface area is 292 Å². The van der Waals surface area contributed by atoms with Gasteiger partial charge in [-0.3, -0.25) is 0 Å². The predicted octanol–water partition coefficient (Wildman–Crippen LogP) is 12.0. The molecule has 10 aromatic rings. The largest absolute Gasteiger partial charge is 0.308 e. The summed E-state index contributed by atoms with van der Waals surface area (Å²) < 4.78 is 5.06. The summed E-state index contributed by atoms with van der Waals surface area (Å²) in [6.45, 7) is 0. The van der Waals surface area contributed by atoms with Crippen molar-refractivity contribution < 1.29 is 0 Å². The molecule has 7 aromatic carbocycles. The predicted molar refractivity (Wildman–Crippen MR) is 209 cm³/mol. The lowest BCUT2D eigenvalue weighted by Gasteiger charge is -2.11. The first-order valence-corrected chi connectivity index (χ1v) is 17.5. The van der Waals surface area contributed by atoms with E-state index in [1.54, 1.807) is 0 Å². The molecule has 0 saturated carbocycles. The van der Waals surface area contributed by atoms with Crippen molar-refractivity contribution in [3.8, 4) is 51.0 Å². The Kier molecular flexibility index (Phi) is 6.64. The standard InChI is InChI=1S/C45H28N4S/c1-3-12-30(13-4-1)43-46-44(31-14-5-2-6-15-31)48-45(47-43)33-17-11-16-32(28-33)29-22-24-34(25-23-29)49-39-20-9-7-18-35(39)37-26-27-38-36-19-8-10-21-40(36)50-42(38)41(37)49/h1-28H. The lowest BCUT2D eigenvalue weighted by Crippen LogP contribution is -2.00. The summed E-state index contributed by atoms with van der Waals surface area (Å²) in [6.07, 6.45) is 0. The molecule has 50 heavy (non-hydrogen) atoms. The maximum Gasteiger partial charge on any atom is 0.164 e. The van der Waals surface area contributed by atoms with E-state index in [1.807, 2.05) is 72.0 Å². The molecular weight excluding hydrogens is 629 g/mol. The molecule has 0 radical (unpaired) electrons. The monoisotopic (exact) mass is 656 g/mol. The lowest BCUT2D eigenvalue weighted by atomic mass is 10.0. The number of benzene rings is 7. The number of para-hydroxylation sites is 1. The summed E-state index contributed by atoms with van der Waals surface area (Å²) in [5.41, 5.74) is 8.70. The van der Waals surface area contributed by atoms with Crippen LogP contribution in [0.25, 0.3) is 93.0 Å². The van der Waals surface area contributed by atoms with Gasteiger partial charge < -0.3 is 4.57 Å². The molecule has 0 aliphatic heterocycles. The molecule has 0 unspecified atom stereocenters. The van der Waals surface area contributed by atoms with Gasteiger partial charge in [-0.1, -0.05) is 140 Å². The number of thiophene rings is 1. The third kappa shape index (κ3) is 4.71. The Morgan fingerprint density at radius 1 is 0.380 bits per heavy atom. The fourth-order valence-electron chi connectivity index (χ4n) is 7.08. The average molecular weight is 657 g/mol. The molecule has 5 heteroatoms. The second-order valence-electron chi connectivity index (χ2n) is 12.5. The Balaban J connectivity index is 1.08. The minimum atomic E-state index is 0.647. The van der Waals surface area contributed by atoms with E-state index in [0.717, 1.165) is 33.5 Å². The van der Waals surface area contributed by atoms with Crippen molar-refractivity contribution in [2.24, 2.45) is 0 Å². The number of nitrogens with zero attached hydrogens (tertiary/aromatic N) is 4. The summed E-state index contributed by atoms with van der Waals surface area (Å²) in [5, 5.41) is 5.16. The Morgan fingerprint density at radius 3 is 1.66 bits per heavy atom. The van der Waals surface area contributed by atoms with Crippen LogP contribution < -0.4 is 0 Å². The van der Waals surface area contributed by atoms with Gasteiger partial charge in [-0.2, -0.15) is 0 Å². The lowest BCUT2D eigenvalue weighted by molar-refractivity contribution is 1.07. The maximum absolute atomic E-state index is 4.96. The van der Waals surface area contributed by atoms with E-state index in [1.165, 1.54) is 42.0 Å². The fraction of sp³-hybridized carbons (Fsp3) is 0. The van der Waals surface area contributed by atoms with Gasteiger partial charge in [-0.25, -0.2) is 15.0 Å². The molecule has 4 nitrogen and oxygen atoms in total. The molecule has 3 aromatic heterocycles. The summed E-state index contributed by atoms with van der Waals surface area (Å²) >= 11 is 1.88. The third-order valence-electron chi connectivity index (χ3n) is 9.46. The molecule has 0 saturated heterocycles. The van der Waals surface area contributed by atoms with Crippen molar-refractivity contribution in [3.63, 3.8) is 0 Å². The van der Waals surface area contributed by atoms with E-state index < -0.39 is 0 Å². The quantitative estimate of drug-likeness (QED) is 0.185. The van der Waals surface area contributed by atoms with Crippen LogP contribution in [0.5, 0.6) is 0 Å². The van der Waals surface area contributed by atoms with E-state index >= 15 is 0 Å². The summed E-state index contributed by atoms with van der Waals surface area (Å²) in [4.78, 5) is 14.8. The zero-order valence-corrected chi connectivity index (χ0v) is 27.7. The molecule has 0 bridgehead atoms. The molecule has 0 atom stereocenters. The van der Waals surface area contributed by atoms with Crippen molar-refractivity contribution in [1.29, 1.82) is 0 Å². The summed E-state index contributed by atoms with van der Waals surface area (Å²) in [6, 6.07) is 59.6. The van der Waals surface area contributed by atoms with E-state index in [-0.39, 0.29) is 0 Å². The van der Waals surface area contributed by atoms with E-state index in [9.17, 15) is 0 Å². The molecule has 0 aliphatic carbocycles. The van der Waals surface area contributed by atoms with E-state index in [2.05, 4.69) is 114 Å². The highest BCUT2D eigenvalue weighted by Crippen LogP contribution is 2.43. The number of hydrogen-bond acceptors (Lipinski definition) is 4. The summed E-state index contributed by atoms with van der Waals surface area (Å²) in [5.74, 6) is 1.96. The van der Waals surface area contributed by atoms with Gasteiger partial charge in [-0.15, -0.1) is 11.3 Å². The first kappa shape index (κ1) is 28.6. The normalized spacial score (nSPS) is 11.6. The smallest absolute Gasteiger partial charge is 0.164 e. The van der Waals surface area contributed by atoms with Gasteiger partial charge in [0.1, 0.15) is 0 Å². The van der Waals surface area contributed by atoms with Gasteiger partial charge >= 0.3 is 0 Å². The highest BCUT2D eigenvalue weighted by Gasteiger charge is 2.18. The molecule has 0 spiro atoms. The maximum atomic E-state index is 4.96. The minimum Gasteiger partial charge on any atom is -0.308 e. The third-order valence-corrected chi connectivity index (χ3v) is 10.7. The topological polar surface area (TPSA) is 43.6 Å². The van der Waals surface area contributed by atoms with Crippen LogP contribution in [0.2, 0.25) is 0 Å². The number of fused-ring (bicyclic) bond motifs is 7. The Hall–Kier alpha value is -6.43. The van der Waals surface area contributed by atoms with Crippen LogP contribution in [-0.2, 0) is 0 Å². The molecule has 0 N–H and O–H groups in total. The highest BCUT2D eigenvalue weighted by atomic mass is 32.1. The Morgan fingerprint density at radius 2 is 0.940 bits per heavy atom. The van der Waals surface area contributed by atoms with Gasteiger partial charge in [0, 0.05) is 48.6 Å². The molecule has 0 aliphatic rings. The van der Waals surface area contributed by atoms with Crippen LogP contribution in [0.4, 0.5) is 0 Å². The molecule has 10 rings (SSSR count). The van der Waals surface area contributed by atoms with Crippen molar-refractivity contribution in [2.45, 2.75) is 0 Å². The van der Waals surface area contributed by atoms with Crippen LogP contribution in [0.3, 0.4) is 0 Å². The number of aromatic nitrogens is 4. The van der Waals surface area contributed by atoms with Crippen molar-refractivity contribution in [2.75, 3.05) is 0 Å². The van der Waals surface area contributed by atoms with E-state index in [4.69, 9.17) is 15.0 Å². The van der Waals surface area contributed by atoms with Crippen molar-refractivity contribution >= 4 is 53.3 Å². The van der Waals surface area contributed by atoms with Gasteiger partial charge in [0.05, 0.1) is 15.7 Å². The zero-order valence-electron chi connectivity index (χ0n) is 26.9. The highest BCUT2D eigenvalue weighted by molar-refractivity contribution is 7.26. The fourth-order valence-corrected chi connectivity index (χ4v) is 8.32. The van der Waals surface area contributed by atoms with Crippen LogP contribution in [-0.4, -0.2) is 19.5 Å².